The van der Waals surface area contributed by atoms with Crippen LogP contribution in [0.15, 0.2) is 21.9 Å². The van der Waals surface area contributed by atoms with E-state index in [2.05, 4.69) is 5.32 Å². The summed E-state index contributed by atoms with van der Waals surface area (Å²) in [4.78, 5) is 46.5. The van der Waals surface area contributed by atoms with Gasteiger partial charge in [0.15, 0.2) is 0 Å². The van der Waals surface area contributed by atoms with Gasteiger partial charge in [-0.25, -0.2) is 9.59 Å². The number of rotatable bonds is 6. The Morgan fingerprint density at radius 2 is 2.16 bits per heavy atom. The number of aromatic nitrogens is 2. The molecule has 0 aliphatic rings. The minimum absolute atomic E-state index is 0.00962. The van der Waals surface area contributed by atoms with Gasteiger partial charge in [-0.15, -0.1) is 0 Å². The van der Waals surface area contributed by atoms with E-state index in [0.29, 0.717) is 0 Å². The number of carbonyl (C=O) groups excluding carboxylic acids is 1. The first-order valence-corrected chi connectivity index (χ1v) is 5.46. The van der Waals surface area contributed by atoms with Gasteiger partial charge in [0, 0.05) is 25.2 Å². The number of nitrogens with two attached hydrogens (primary N) is 1. The lowest BCUT2D eigenvalue weighted by molar-refractivity contribution is -0.142. The van der Waals surface area contributed by atoms with Crippen LogP contribution >= 0.6 is 0 Å². The Morgan fingerprint density at radius 1 is 1.47 bits per heavy atom. The predicted octanol–water partition coefficient (Wildman–Crippen LogP) is -2.55. The van der Waals surface area contributed by atoms with E-state index in [1.54, 1.807) is 0 Å². The van der Waals surface area contributed by atoms with Crippen molar-refractivity contribution in [3.63, 3.8) is 0 Å². The van der Waals surface area contributed by atoms with Crippen molar-refractivity contribution in [1.29, 1.82) is 0 Å². The van der Waals surface area contributed by atoms with Crippen molar-refractivity contribution in [2.24, 2.45) is 5.73 Å². The van der Waals surface area contributed by atoms with Gasteiger partial charge >= 0.3 is 11.7 Å². The molecule has 9 heteroatoms. The Kier molecular flexibility index (Phi) is 5.01. The van der Waals surface area contributed by atoms with Crippen LogP contribution in [0, 0.1) is 0 Å². The van der Waals surface area contributed by atoms with Gasteiger partial charge in [-0.1, -0.05) is 0 Å². The van der Waals surface area contributed by atoms with Gasteiger partial charge < -0.3 is 16.2 Å². The summed E-state index contributed by atoms with van der Waals surface area (Å²) < 4.78 is 0.989. The van der Waals surface area contributed by atoms with Crippen LogP contribution in [0.4, 0.5) is 0 Å². The van der Waals surface area contributed by atoms with E-state index in [9.17, 15) is 19.2 Å². The summed E-state index contributed by atoms with van der Waals surface area (Å²) in [5, 5.41) is 11.2. The number of hydrogen-bond acceptors (Lipinski definition) is 5. The van der Waals surface area contributed by atoms with Gasteiger partial charge in [0.05, 0.1) is 6.54 Å². The largest absolute Gasteiger partial charge is 0.480 e. The molecule has 0 aliphatic carbocycles. The molecule has 1 rings (SSSR count). The van der Waals surface area contributed by atoms with E-state index in [0.717, 1.165) is 16.8 Å². The first-order valence-electron chi connectivity index (χ1n) is 5.46. The molecule has 0 aliphatic heterocycles. The summed E-state index contributed by atoms with van der Waals surface area (Å²) in [6.07, 6.45) is 1.15. The summed E-state index contributed by atoms with van der Waals surface area (Å²) in [7, 11) is 0. The van der Waals surface area contributed by atoms with Crippen LogP contribution in [-0.4, -0.2) is 39.1 Å². The number of nitrogens with one attached hydrogen (secondary N) is 2. The molecule has 104 valence electrons. The zero-order chi connectivity index (χ0) is 14.4. The third kappa shape index (κ3) is 4.39. The minimum atomic E-state index is -1.29. The van der Waals surface area contributed by atoms with Gasteiger partial charge in [0.2, 0.25) is 5.91 Å². The summed E-state index contributed by atoms with van der Waals surface area (Å²) >= 11 is 0. The van der Waals surface area contributed by atoms with E-state index in [4.69, 9.17) is 10.8 Å². The lowest BCUT2D eigenvalue weighted by Gasteiger charge is -2.15. The summed E-state index contributed by atoms with van der Waals surface area (Å²) in [6, 6.07) is -0.190. The van der Waals surface area contributed by atoms with Crippen molar-refractivity contribution >= 4 is 11.9 Å². The second kappa shape index (κ2) is 6.50. The zero-order valence-corrected chi connectivity index (χ0v) is 9.96. The highest BCUT2D eigenvalue weighted by molar-refractivity contribution is 5.83. The van der Waals surface area contributed by atoms with E-state index in [-0.39, 0.29) is 19.5 Å². The number of amides is 1. The SMILES string of the molecule is NCCC(=O)NC(Cn1ccc(=O)[nH]c1=O)C(=O)O. The Bertz CT molecular complexity index is 576. The van der Waals surface area contributed by atoms with Crippen LogP contribution < -0.4 is 22.3 Å². The van der Waals surface area contributed by atoms with Crippen LogP contribution in [-0.2, 0) is 16.1 Å². The minimum Gasteiger partial charge on any atom is -0.480 e. The van der Waals surface area contributed by atoms with Crippen LogP contribution in [0.3, 0.4) is 0 Å². The quantitative estimate of drug-likeness (QED) is 0.447. The number of carbonyl (C=O) groups is 2. The number of carboxylic acids is 1. The molecule has 0 saturated heterocycles. The molecule has 1 unspecified atom stereocenters. The molecule has 5 N–H and O–H groups in total. The lowest BCUT2D eigenvalue weighted by Crippen LogP contribution is -2.46. The van der Waals surface area contributed by atoms with Crippen molar-refractivity contribution in [2.45, 2.75) is 19.0 Å². The average Bonchev–Trinajstić information content (AvgIpc) is 2.31. The maximum absolute atomic E-state index is 11.4. The second-order valence-electron chi connectivity index (χ2n) is 3.76. The van der Waals surface area contributed by atoms with Gasteiger partial charge in [-0.2, -0.15) is 0 Å². The standard InChI is InChI=1S/C10H14N4O5/c11-3-1-7(15)12-6(9(17)18)5-14-4-2-8(16)13-10(14)19/h2,4,6H,1,3,5,11H2,(H,12,15)(H,17,18)(H,13,16,19). The maximum Gasteiger partial charge on any atom is 0.328 e. The third-order valence-electron chi connectivity index (χ3n) is 2.28. The predicted molar refractivity (Wildman–Crippen MR) is 64.6 cm³/mol. The highest BCUT2D eigenvalue weighted by Gasteiger charge is 2.20. The van der Waals surface area contributed by atoms with Gasteiger partial charge in [-0.05, 0) is 0 Å². The number of carboxylic acid groups (broad SMARTS) is 1. The van der Waals surface area contributed by atoms with Crippen molar-refractivity contribution in [3.05, 3.63) is 33.1 Å². The molecule has 9 nitrogen and oxygen atoms in total. The van der Waals surface area contributed by atoms with Gasteiger partial charge in [-0.3, -0.25) is 19.1 Å². The first kappa shape index (κ1) is 14.6. The summed E-state index contributed by atoms with van der Waals surface area (Å²) in [6.45, 7) is -0.196. The topological polar surface area (TPSA) is 147 Å². The fourth-order valence-corrected chi connectivity index (χ4v) is 1.37. The highest BCUT2D eigenvalue weighted by Crippen LogP contribution is 1.91. The highest BCUT2D eigenvalue weighted by atomic mass is 16.4. The summed E-state index contributed by atoms with van der Waals surface area (Å²) in [5.41, 5.74) is 3.84. The number of nitrogens with zero attached hydrogens (tertiary/aromatic N) is 1. The molecule has 0 saturated carbocycles. The molecule has 0 spiro atoms. The van der Waals surface area contributed by atoms with Crippen molar-refractivity contribution in [1.82, 2.24) is 14.9 Å². The number of H-pyrrole nitrogens is 1. The van der Waals surface area contributed by atoms with E-state index in [1.165, 1.54) is 0 Å². The molecular weight excluding hydrogens is 256 g/mol. The van der Waals surface area contributed by atoms with Crippen LogP contribution in [0.2, 0.25) is 0 Å². The number of aromatic amines is 1. The summed E-state index contributed by atoms with van der Waals surface area (Å²) in [5.74, 6) is -1.81. The molecule has 1 atom stereocenters. The van der Waals surface area contributed by atoms with E-state index in [1.807, 2.05) is 4.98 Å². The molecule has 1 aromatic rings. The molecule has 19 heavy (non-hydrogen) atoms. The normalized spacial score (nSPS) is 11.8. The van der Waals surface area contributed by atoms with Crippen LogP contribution in [0.25, 0.3) is 0 Å². The fourth-order valence-electron chi connectivity index (χ4n) is 1.37. The van der Waals surface area contributed by atoms with Gasteiger partial charge in [0.25, 0.3) is 5.56 Å². The van der Waals surface area contributed by atoms with Crippen LogP contribution in [0.1, 0.15) is 6.42 Å². The molecule has 0 aromatic carbocycles. The fraction of sp³-hybridized carbons (Fsp3) is 0.400. The van der Waals surface area contributed by atoms with Crippen molar-refractivity contribution in [3.8, 4) is 0 Å². The Balaban J connectivity index is 2.84. The monoisotopic (exact) mass is 270 g/mol. The third-order valence-corrected chi connectivity index (χ3v) is 2.28. The van der Waals surface area contributed by atoms with Gasteiger partial charge in [0.1, 0.15) is 6.04 Å². The second-order valence-corrected chi connectivity index (χ2v) is 3.76. The smallest absolute Gasteiger partial charge is 0.328 e. The maximum atomic E-state index is 11.4. The van der Waals surface area contributed by atoms with E-state index >= 15 is 0 Å². The van der Waals surface area contributed by atoms with Crippen molar-refractivity contribution < 1.29 is 14.7 Å². The number of aliphatic carboxylic acids is 1. The van der Waals surface area contributed by atoms with Crippen molar-refractivity contribution in [2.75, 3.05) is 6.54 Å². The first-order chi connectivity index (χ1) is 8.93. The van der Waals surface area contributed by atoms with E-state index < -0.39 is 29.2 Å². The molecule has 1 aromatic heterocycles. The Hall–Kier alpha value is -2.42. The lowest BCUT2D eigenvalue weighted by atomic mass is 10.2. The molecule has 0 radical (unpaired) electrons. The molecular formula is C10H14N4O5. The number of hydrogen-bond donors (Lipinski definition) is 4. The zero-order valence-electron chi connectivity index (χ0n) is 9.96. The average molecular weight is 270 g/mol. The Labute approximate surface area is 107 Å². The molecule has 1 amide bonds. The molecule has 0 fully saturated rings. The molecule has 0 bridgehead atoms. The Morgan fingerprint density at radius 3 is 2.68 bits per heavy atom. The van der Waals surface area contributed by atoms with Crippen LogP contribution in [0.5, 0.6) is 0 Å². The molecule has 1 heterocycles.